The summed E-state index contributed by atoms with van der Waals surface area (Å²) in [5.74, 6) is 0.741. The van der Waals surface area contributed by atoms with E-state index in [2.05, 4.69) is 4.72 Å². The van der Waals surface area contributed by atoms with Crippen molar-refractivity contribution in [3.05, 3.63) is 29.8 Å². The predicted octanol–water partition coefficient (Wildman–Crippen LogP) is 1.24. The molecule has 5 nitrogen and oxygen atoms in total. The normalized spacial score (nSPS) is 15.4. The molecule has 1 fully saturated rings. The molecule has 0 bridgehead atoms. The van der Waals surface area contributed by atoms with Gasteiger partial charge in [0.1, 0.15) is 0 Å². The van der Waals surface area contributed by atoms with Crippen molar-refractivity contribution in [1.29, 1.82) is 0 Å². The number of nitrogens with one attached hydrogen (secondary N) is 1. The topological polar surface area (TPSA) is 81.4 Å². The van der Waals surface area contributed by atoms with Gasteiger partial charge in [-0.3, -0.25) is 0 Å². The molecule has 0 aliphatic heterocycles. The van der Waals surface area contributed by atoms with E-state index in [9.17, 15) is 8.42 Å². The maximum absolute atomic E-state index is 12.1. The molecule has 112 valence electrons. The lowest BCUT2D eigenvalue weighted by Crippen LogP contribution is -2.25. The van der Waals surface area contributed by atoms with Crippen molar-refractivity contribution in [3.8, 4) is 0 Å². The van der Waals surface area contributed by atoms with Crippen LogP contribution in [0.25, 0.3) is 0 Å². The summed E-state index contributed by atoms with van der Waals surface area (Å²) in [5, 5.41) is 0. The van der Waals surface area contributed by atoms with Crippen LogP contribution in [-0.2, 0) is 21.3 Å². The van der Waals surface area contributed by atoms with Gasteiger partial charge in [-0.2, -0.15) is 0 Å². The first-order valence-electron chi connectivity index (χ1n) is 6.98. The van der Waals surface area contributed by atoms with Crippen molar-refractivity contribution in [1.82, 2.24) is 4.72 Å². The molecule has 1 aliphatic rings. The summed E-state index contributed by atoms with van der Waals surface area (Å²) in [6.45, 7) is 2.13. The van der Waals surface area contributed by atoms with Gasteiger partial charge in [-0.15, -0.1) is 0 Å². The second-order valence-corrected chi connectivity index (χ2v) is 6.89. The van der Waals surface area contributed by atoms with E-state index in [-0.39, 0.29) is 4.90 Å². The number of rotatable bonds is 9. The molecule has 1 aromatic rings. The molecule has 0 radical (unpaired) electrons. The van der Waals surface area contributed by atoms with Crippen LogP contribution in [0.15, 0.2) is 29.2 Å². The standard InChI is InChI=1S/C14H22N2O3S/c15-10-13-3-1-4-14(9-13)20(17,18)16-7-2-8-19-11-12-5-6-12/h1,3-4,9,12,16H,2,5-8,10-11,15H2. The highest BCUT2D eigenvalue weighted by molar-refractivity contribution is 7.89. The van der Waals surface area contributed by atoms with Crippen molar-refractivity contribution in [2.24, 2.45) is 11.7 Å². The van der Waals surface area contributed by atoms with Crippen molar-refractivity contribution >= 4 is 10.0 Å². The maximum atomic E-state index is 12.1. The van der Waals surface area contributed by atoms with Crippen LogP contribution in [0, 0.1) is 5.92 Å². The van der Waals surface area contributed by atoms with Crippen LogP contribution in [0.4, 0.5) is 0 Å². The molecule has 0 amide bonds. The van der Waals surface area contributed by atoms with Crippen molar-refractivity contribution in [2.45, 2.75) is 30.7 Å². The van der Waals surface area contributed by atoms with Gasteiger partial charge in [-0.05, 0) is 42.9 Å². The molecule has 0 atom stereocenters. The Morgan fingerprint density at radius 2 is 2.15 bits per heavy atom. The Morgan fingerprint density at radius 1 is 1.35 bits per heavy atom. The lowest BCUT2D eigenvalue weighted by molar-refractivity contribution is 0.123. The fourth-order valence-corrected chi connectivity index (χ4v) is 2.98. The first-order valence-corrected chi connectivity index (χ1v) is 8.46. The van der Waals surface area contributed by atoms with Gasteiger partial charge in [0.2, 0.25) is 10.0 Å². The summed E-state index contributed by atoms with van der Waals surface area (Å²) in [7, 11) is -3.45. The number of benzene rings is 1. The Hall–Kier alpha value is -0.950. The van der Waals surface area contributed by atoms with Crippen LogP contribution in [0.3, 0.4) is 0 Å². The molecule has 0 spiro atoms. The molecule has 20 heavy (non-hydrogen) atoms. The Bertz CT molecular complexity index is 527. The second kappa shape index (κ2) is 7.17. The Balaban J connectivity index is 1.74. The van der Waals surface area contributed by atoms with E-state index in [4.69, 9.17) is 10.5 Å². The average molecular weight is 298 g/mol. The Kier molecular flexibility index (Phi) is 5.54. The summed E-state index contributed by atoms with van der Waals surface area (Å²) in [5.41, 5.74) is 6.32. The second-order valence-electron chi connectivity index (χ2n) is 5.12. The molecule has 0 unspecified atom stereocenters. The maximum Gasteiger partial charge on any atom is 0.240 e. The zero-order chi connectivity index (χ0) is 14.4. The molecule has 0 aromatic heterocycles. The van der Waals surface area contributed by atoms with Gasteiger partial charge in [0.25, 0.3) is 0 Å². The number of ether oxygens (including phenoxy) is 1. The third-order valence-corrected chi connectivity index (χ3v) is 4.71. The molecule has 0 saturated heterocycles. The smallest absolute Gasteiger partial charge is 0.240 e. The van der Waals surface area contributed by atoms with E-state index in [0.717, 1.165) is 18.1 Å². The van der Waals surface area contributed by atoms with Gasteiger partial charge in [-0.1, -0.05) is 12.1 Å². The number of hydrogen-bond donors (Lipinski definition) is 2. The molecule has 0 heterocycles. The molecular weight excluding hydrogens is 276 g/mol. The van der Waals surface area contributed by atoms with E-state index in [1.54, 1.807) is 18.2 Å². The Labute approximate surface area is 120 Å². The monoisotopic (exact) mass is 298 g/mol. The third kappa shape index (κ3) is 4.86. The number of hydrogen-bond acceptors (Lipinski definition) is 4. The zero-order valence-electron chi connectivity index (χ0n) is 11.5. The van der Waals surface area contributed by atoms with Crippen molar-refractivity contribution < 1.29 is 13.2 Å². The summed E-state index contributed by atoms with van der Waals surface area (Å²) < 4.78 is 32.2. The quantitative estimate of drug-likeness (QED) is 0.672. The third-order valence-electron chi connectivity index (χ3n) is 3.25. The van der Waals surface area contributed by atoms with Gasteiger partial charge in [0, 0.05) is 26.3 Å². The summed E-state index contributed by atoms with van der Waals surface area (Å²) >= 11 is 0. The molecule has 1 aromatic carbocycles. The largest absolute Gasteiger partial charge is 0.381 e. The number of nitrogens with two attached hydrogens (primary N) is 1. The summed E-state index contributed by atoms with van der Waals surface area (Å²) in [6, 6.07) is 6.69. The van der Waals surface area contributed by atoms with Gasteiger partial charge in [0.05, 0.1) is 4.90 Å². The van der Waals surface area contributed by atoms with Gasteiger partial charge in [0.15, 0.2) is 0 Å². The van der Waals surface area contributed by atoms with E-state index < -0.39 is 10.0 Å². The highest BCUT2D eigenvalue weighted by Gasteiger charge is 2.20. The van der Waals surface area contributed by atoms with Gasteiger partial charge < -0.3 is 10.5 Å². The highest BCUT2D eigenvalue weighted by atomic mass is 32.2. The highest BCUT2D eigenvalue weighted by Crippen LogP contribution is 2.28. The van der Waals surface area contributed by atoms with Crippen LogP contribution >= 0.6 is 0 Å². The van der Waals surface area contributed by atoms with Crippen molar-refractivity contribution in [2.75, 3.05) is 19.8 Å². The molecule has 1 saturated carbocycles. The average Bonchev–Trinajstić information content (AvgIpc) is 3.27. The van der Waals surface area contributed by atoms with Crippen LogP contribution in [0.5, 0.6) is 0 Å². The van der Waals surface area contributed by atoms with E-state index >= 15 is 0 Å². The molecule has 3 N–H and O–H groups in total. The van der Waals surface area contributed by atoms with Crippen LogP contribution in [-0.4, -0.2) is 28.2 Å². The minimum Gasteiger partial charge on any atom is -0.381 e. The predicted molar refractivity (Wildman–Crippen MR) is 77.7 cm³/mol. The first kappa shape index (κ1) is 15.4. The van der Waals surface area contributed by atoms with E-state index in [1.165, 1.54) is 12.8 Å². The Morgan fingerprint density at radius 3 is 2.85 bits per heavy atom. The summed E-state index contributed by atoms with van der Waals surface area (Å²) in [4.78, 5) is 0.263. The minimum absolute atomic E-state index is 0.263. The molecule has 6 heteroatoms. The van der Waals surface area contributed by atoms with Gasteiger partial charge >= 0.3 is 0 Å². The minimum atomic E-state index is -3.45. The van der Waals surface area contributed by atoms with Gasteiger partial charge in [-0.25, -0.2) is 13.1 Å². The first-order chi connectivity index (χ1) is 9.62. The fourth-order valence-electron chi connectivity index (χ4n) is 1.84. The van der Waals surface area contributed by atoms with E-state index in [0.29, 0.717) is 26.1 Å². The number of sulfonamides is 1. The van der Waals surface area contributed by atoms with Crippen LogP contribution < -0.4 is 10.5 Å². The summed E-state index contributed by atoms with van der Waals surface area (Å²) in [6.07, 6.45) is 3.22. The van der Waals surface area contributed by atoms with Crippen molar-refractivity contribution in [3.63, 3.8) is 0 Å². The zero-order valence-corrected chi connectivity index (χ0v) is 12.4. The molecule has 2 rings (SSSR count). The lowest BCUT2D eigenvalue weighted by atomic mass is 10.2. The SMILES string of the molecule is NCc1cccc(S(=O)(=O)NCCCOCC2CC2)c1. The van der Waals surface area contributed by atoms with Crippen LogP contribution in [0.2, 0.25) is 0 Å². The van der Waals surface area contributed by atoms with Crippen LogP contribution in [0.1, 0.15) is 24.8 Å². The molecular formula is C14H22N2O3S. The molecule has 1 aliphatic carbocycles. The fraction of sp³-hybridized carbons (Fsp3) is 0.571. The lowest BCUT2D eigenvalue weighted by Gasteiger charge is -2.08. The van der Waals surface area contributed by atoms with E-state index in [1.807, 2.05) is 6.07 Å².